The molecule has 0 radical (unpaired) electrons. The van der Waals surface area contributed by atoms with Crippen LogP contribution in [0.5, 0.6) is 0 Å². The third-order valence-electron chi connectivity index (χ3n) is 3.80. The van der Waals surface area contributed by atoms with E-state index < -0.39 is 0 Å². The summed E-state index contributed by atoms with van der Waals surface area (Å²) in [5.74, 6) is 0.638. The monoisotopic (exact) mass is 238 g/mol. The lowest BCUT2D eigenvalue weighted by Gasteiger charge is -2.33. The maximum atomic E-state index is 10.0. The van der Waals surface area contributed by atoms with Gasteiger partial charge in [0.15, 0.2) is 0 Å². The van der Waals surface area contributed by atoms with E-state index in [0.29, 0.717) is 12.3 Å². The van der Waals surface area contributed by atoms with Crippen LogP contribution in [0.1, 0.15) is 47.0 Å². The van der Waals surface area contributed by atoms with Crippen molar-refractivity contribution in [2.75, 3.05) is 0 Å². The van der Waals surface area contributed by atoms with Crippen molar-refractivity contribution in [1.82, 2.24) is 0 Å². The molecule has 4 atom stereocenters. The van der Waals surface area contributed by atoms with Crippen LogP contribution in [0.3, 0.4) is 0 Å². The molecule has 2 heteroatoms. The van der Waals surface area contributed by atoms with Crippen LogP contribution < -0.4 is 0 Å². The first kappa shape index (κ1) is 14.5. The van der Waals surface area contributed by atoms with E-state index in [1.807, 2.05) is 13.0 Å². The van der Waals surface area contributed by atoms with Crippen molar-refractivity contribution in [3.8, 4) is 0 Å². The minimum Gasteiger partial charge on any atom is -0.389 e. The minimum atomic E-state index is -0.389. The summed E-state index contributed by atoms with van der Waals surface area (Å²) in [6.07, 6.45) is 6.13. The van der Waals surface area contributed by atoms with Crippen molar-refractivity contribution in [3.63, 3.8) is 0 Å². The second-order valence-electron chi connectivity index (χ2n) is 5.65. The summed E-state index contributed by atoms with van der Waals surface area (Å²) in [4.78, 5) is 0. The Labute approximate surface area is 105 Å². The molecular formula is C15H26O2. The molecular weight excluding hydrogens is 212 g/mol. The van der Waals surface area contributed by atoms with E-state index in [1.165, 1.54) is 5.57 Å². The van der Waals surface area contributed by atoms with Crippen LogP contribution in [0, 0.1) is 11.8 Å². The van der Waals surface area contributed by atoms with Crippen molar-refractivity contribution in [2.24, 2.45) is 11.8 Å². The molecule has 98 valence electrons. The third-order valence-corrected chi connectivity index (χ3v) is 3.80. The number of hydrogen-bond acceptors (Lipinski definition) is 2. The van der Waals surface area contributed by atoms with Crippen LogP contribution in [-0.4, -0.2) is 22.4 Å². The van der Waals surface area contributed by atoms with E-state index in [0.717, 1.165) is 18.4 Å². The van der Waals surface area contributed by atoms with Crippen LogP contribution in [0.15, 0.2) is 23.3 Å². The average molecular weight is 238 g/mol. The summed E-state index contributed by atoms with van der Waals surface area (Å²) in [6, 6.07) is 0. The van der Waals surface area contributed by atoms with Gasteiger partial charge in [0.25, 0.3) is 0 Å². The van der Waals surface area contributed by atoms with Gasteiger partial charge in [-0.25, -0.2) is 0 Å². The number of allylic oxidation sites excluding steroid dienone is 2. The lowest BCUT2D eigenvalue weighted by Crippen LogP contribution is -2.34. The van der Waals surface area contributed by atoms with E-state index in [9.17, 15) is 10.2 Å². The largest absolute Gasteiger partial charge is 0.389 e. The summed E-state index contributed by atoms with van der Waals surface area (Å²) in [7, 11) is 0. The van der Waals surface area contributed by atoms with Crippen LogP contribution in [-0.2, 0) is 0 Å². The number of aliphatic hydroxyl groups excluding tert-OH is 2. The summed E-state index contributed by atoms with van der Waals surface area (Å²) < 4.78 is 0. The van der Waals surface area contributed by atoms with E-state index in [2.05, 4.69) is 26.8 Å². The Morgan fingerprint density at radius 1 is 1.47 bits per heavy atom. The zero-order valence-corrected chi connectivity index (χ0v) is 11.5. The quantitative estimate of drug-likeness (QED) is 0.739. The van der Waals surface area contributed by atoms with Gasteiger partial charge in [0.05, 0.1) is 12.2 Å². The van der Waals surface area contributed by atoms with E-state index in [1.54, 1.807) is 0 Å². The Kier molecular flexibility index (Phi) is 5.41. The molecule has 0 spiro atoms. The molecule has 0 fully saturated rings. The second kappa shape index (κ2) is 6.36. The van der Waals surface area contributed by atoms with Crippen molar-refractivity contribution < 1.29 is 10.2 Å². The normalized spacial score (nSPS) is 30.7. The summed E-state index contributed by atoms with van der Waals surface area (Å²) in [5, 5.41) is 19.9. The highest BCUT2D eigenvalue weighted by Gasteiger charge is 2.30. The van der Waals surface area contributed by atoms with Gasteiger partial charge in [0.1, 0.15) is 0 Å². The Morgan fingerprint density at radius 2 is 2.12 bits per heavy atom. The first-order chi connectivity index (χ1) is 7.91. The molecule has 2 nitrogen and oxygen atoms in total. The minimum absolute atomic E-state index is 0.194. The maximum Gasteiger partial charge on any atom is 0.0756 e. The fraction of sp³-hybridized carbons (Fsp3) is 0.733. The molecule has 2 N–H and O–H groups in total. The predicted molar refractivity (Wildman–Crippen MR) is 71.7 cm³/mol. The SMILES string of the molecule is CC(C)=CCC[C@H](C)[C@H]1C[C@@H](O)C(C)=C[C@@H]1O. The van der Waals surface area contributed by atoms with E-state index in [4.69, 9.17) is 0 Å². The van der Waals surface area contributed by atoms with Crippen LogP contribution in [0.25, 0.3) is 0 Å². The molecule has 0 unspecified atom stereocenters. The van der Waals surface area contributed by atoms with Crippen molar-refractivity contribution in [3.05, 3.63) is 23.3 Å². The molecule has 0 aromatic heterocycles. The fourth-order valence-electron chi connectivity index (χ4n) is 2.51. The lowest BCUT2D eigenvalue weighted by molar-refractivity contribution is 0.0543. The standard InChI is InChI=1S/C15H26O2/c1-10(2)6-5-7-11(3)13-9-14(16)12(4)8-15(13)17/h6,8,11,13-17H,5,7,9H2,1-4H3/t11-,13+,14+,15-/m0/s1. The van der Waals surface area contributed by atoms with Crippen LogP contribution in [0.4, 0.5) is 0 Å². The molecule has 0 heterocycles. The highest BCUT2D eigenvalue weighted by molar-refractivity contribution is 5.13. The van der Waals surface area contributed by atoms with Gasteiger partial charge in [-0.15, -0.1) is 0 Å². The Hall–Kier alpha value is -0.600. The van der Waals surface area contributed by atoms with Gasteiger partial charge in [0, 0.05) is 0 Å². The average Bonchev–Trinajstić information content (AvgIpc) is 2.22. The van der Waals surface area contributed by atoms with E-state index in [-0.39, 0.29) is 18.1 Å². The molecule has 0 aliphatic heterocycles. The molecule has 0 bridgehead atoms. The Bertz CT molecular complexity index is 300. The van der Waals surface area contributed by atoms with E-state index >= 15 is 0 Å². The molecule has 0 aromatic rings. The third kappa shape index (κ3) is 4.29. The zero-order valence-electron chi connectivity index (χ0n) is 11.5. The molecule has 1 aliphatic carbocycles. The molecule has 0 saturated carbocycles. The lowest BCUT2D eigenvalue weighted by atomic mass is 9.77. The first-order valence-corrected chi connectivity index (χ1v) is 6.59. The second-order valence-corrected chi connectivity index (χ2v) is 5.65. The van der Waals surface area contributed by atoms with Gasteiger partial charge < -0.3 is 10.2 Å². The van der Waals surface area contributed by atoms with Crippen molar-refractivity contribution >= 4 is 0 Å². The Morgan fingerprint density at radius 3 is 2.71 bits per heavy atom. The smallest absolute Gasteiger partial charge is 0.0756 e. The topological polar surface area (TPSA) is 40.5 Å². The number of rotatable bonds is 4. The molecule has 1 rings (SSSR count). The van der Waals surface area contributed by atoms with Crippen molar-refractivity contribution in [2.45, 2.75) is 59.2 Å². The first-order valence-electron chi connectivity index (χ1n) is 6.59. The molecule has 17 heavy (non-hydrogen) atoms. The zero-order chi connectivity index (χ0) is 13.0. The predicted octanol–water partition coefficient (Wildman–Crippen LogP) is 3.06. The van der Waals surface area contributed by atoms with Crippen LogP contribution >= 0.6 is 0 Å². The number of aliphatic hydroxyl groups is 2. The number of hydrogen-bond donors (Lipinski definition) is 2. The van der Waals surface area contributed by atoms with Gasteiger partial charge in [-0.2, -0.15) is 0 Å². The molecule has 0 amide bonds. The molecule has 1 aliphatic rings. The van der Waals surface area contributed by atoms with Gasteiger partial charge in [-0.3, -0.25) is 0 Å². The fourth-order valence-corrected chi connectivity index (χ4v) is 2.51. The van der Waals surface area contributed by atoms with Gasteiger partial charge in [0.2, 0.25) is 0 Å². The van der Waals surface area contributed by atoms with Gasteiger partial charge >= 0.3 is 0 Å². The Balaban J connectivity index is 2.52. The summed E-state index contributed by atoms with van der Waals surface area (Å²) >= 11 is 0. The highest BCUT2D eigenvalue weighted by Crippen LogP contribution is 2.32. The molecule has 0 aromatic carbocycles. The van der Waals surface area contributed by atoms with Gasteiger partial charge in [-0.05, 0) is 57.4 Å². The van der Waals surface area contributed by atoms with Gasteiger partial charge in [-0.1, -0.05) is 24.6 Å². The maximum absolute atomic E-state index is 10.0. The summed E-state index contributed by atoms with van der Waals surface area (Å²) in [6.45, 7) is 8.28. The summed E-state index contributed by atoms with van der Waals surface area (Å²) in [5.41, 5.74) is 2.25. The highest BCUT2D eigenvalue weighted by atomic mass is 16.3. The molecule has 0 saturated heterocycles. The van der Waals surface area contributed by atoms with Crippen LogP contribution in [0.2, 0.25) is 0 Å². The van der Waals surface area contributed by atoms with Crippen molar-refractivity contribution in [1.29, 1.82) is 0 Å².